The summed E-state index contributed by atoms with van der Waals surface area (Å²) in [5, 5.41) is 8.70. The number of rotatable bonds is 6. The highest BCUT2D eigenvalue weighted by Crippen LogP contribution is 2.38. The predicted molar refractivity (Wildman–Crippen MR) is 132 cm³/mol. The van der Waals surface area contributed by atoms with Crippen LogP contribution in [0.25, 0.3) is 33.3 Å². The fraction of sp³-hybridized carbons (Fsp3) is 0.519. The highest BCUT2D eigenvalue weighted by molar-refractivity contribution is 5.94. The van der Waals surface area contributed by atoms with Crippen molar-refractivity contribution < 1.29 is 8.91 Å². The van der Waals surface area contributed by atoms with Gasteiger partial charge >= 0.3 is 0 Å². The van der Waals surface area contributed by atoms with Gasteiger partial charge in [-0.15, -0.1) is 0 Å². The zero-order chi connectivity index (χ0) is 24.0. The van der Waals surface area contributed by atoms with Gasteiger partial charge in [-0.05, 0) is 64.4 Å². The summed E-state index contributed by atoms with van der Waals surface area (Å²) in [5.74, 6) is 1.78. The minimum atomic E-state index is -1.02. The Morgan fingerprint density at radius 1 is 1.15 bits per heavy atom. The van der Waals surface area contributed by atoms with Crippen LogP contribution in [-0.2, 0) is 13.1 Å². The van der Waals surface area contributed by atoms with E-state index in [-0.39, 0.29) is 0 Å². The number of hydrogen-bond acceptors (Lipinski definition) is 4. The zero-order valence-corrected chi connectivity index (χ0v) is 20.8. The Morgan fingerprint density at radius 3 is 2.59 bits per heavy atom. The Balaban J connectivity index is 1.57. The topological polar surface area (TPSA) is 61.7 Å². The van der Waals surface area contributed by atoms with Crippen molar-refractivity contribution in [2.75, 3.05) is 0 Å². The quantitative estimate of drug-likeness (QED) is 0.317. The molecule has 1 saturated carbocycles. The molecule has 0 amide bonds. The molecule has 0 saturated heterocycles. The molecular formula is C27H34FN5O. The van der Waals surface area contributed by atoms with Crippen molar-refractivity contribution in [2.24, 2.45) is 11.8 Å². The standard InChI is InChI=1S/C27H34FN5O/c1-17(2)13-33-15-22(12-30-33)23-16-32(14-20-6-8-27(5,28)9-7-20)24-10-21(11-29-26(23)24)25-18(3)31-34-19(25)4/h10-12,15-17,20H,6-9,13-14H2,1-5H3. The number of fused-ring (bicyclic) bond motifs is 1. The lowest BCUT2D eigenvalue weighted by Crippen LogP contribution is -2.27. The average molecular weight is 464 g/mol. The van der Waals surface area contributed by atoms with Gasteiger partial charge in [0.15, 0.2) is 0 Å². The van der Waals surface area contributed by atoms with Crippen molar-refractivity contribution in [3.63, 3.8) is 0 Å². The molecule has 6 nitrogen and oxygen atoms in total. The van der Waals surface area contributed by atoms with Gasteiger partial charge in [-0.2, -0.15) is 5.10 Å². The maximum Gasteiger partial charge on any atom is 0.141 e. The van der Waals surface area contributed by atoms with Gasteiger partial charge in [0.2, 0.25) is 0 Å². The normalized spacial score (nSPS) is 21.1. The van der Waals surface area contributed by atoms with E-state index < -0.39 is 5.67 Å². The van der Waals surface area contributed by atoms with E-state index in [1.54, 1.807) is 6.92 Å². The number of nitrogens with zero attached hydrogens (tertiary/aromatic N) is 5. The molecule has 0 spiro atoms. The van der Waals surface area contributed by atoms with Crippen molar-refractivity contribution >= 4 is 11.0 Å². The van der Waals surface area contributed by atoms with E-state index >= 15 is 0 Å². The third kappa shape index (κ3) is 4.40. The predicted octanol–water partition coefficient (Wildman–Crippen LogP) is 6.75. The molecule has 5 rings (SSSR count). The SMILES string of the molecule is Cc1noc(C)c1-c1cnc2c(-c3cnn(CC(C)C)c3)cn(CC3CCC(C)(F)CC3)c2c1. The van der Waals surface area contributed by atoms with Gasteiger partial charge in [-0.25, -0.2) is 4.39 Å². The smallest absolute Gasteiger partial charge is 0.141 e. The second-order valence-corrected chi connectivity index (χ2v) is 10.7. The second-order valence-electron chi connectivity index (χ2n) is 10.7. The lowest BCUT2D eigenvalue weighted by atomic mass is 9.81. The van der Waals surface area contributed by atoms with Crippen molar-refractivity contribution in [3.05, 3.63) is 42.3 Å². The van der Waals surface area contributed by atoms with Gasteiger partial charge in [0, 0.05) is 53.9 Å². The van der Waals surface area contributed by atoms with Crippen LogP contribution >= 0.6 is 0 Å². The molecule has 0 atom stereocenters. The summed E-state index contributed by atoms with van der Waals surface area (Å²) in [7, 11) is 0. The monoisotopic (exact) mass is 463 g/mol. The van der Waals surface area contributed by atoms with Crippen LogP contribution < -0.4 is 0 Å². The van der Waals surface area contributed by atoms with Crippen molar-refractivity contribution in [1.29, 1.82) is 0 Å². The number of pyridine rings is 1. The van der Waals surface area contributed by atoms with Gasteiger partial charge in [0.05, 0.1) is 22.9 Å². The largest absolute Gasteiger partial charge is 0.361 e. The first-order chi connectivity index (χ1) is 16.2. The van der Waals surface area contributed by atoms with E-state index in [4.69, 9.17) is 9.51 Å². The van der Waals surface area contributed by atoms with Crippen molar-refractivity contribution in [3.8, 4) is 22.3 Å². The molecule has 0 N–H and O–H groups in total. The minimum absolute atomic E-state index is 0.457. The van der Waals surface area contributed by atoms with Gasteiger partial charge in [0.1, 0.15) is 11.4 Å². The first kappa shape index (κ1) is 22.8. The molecule has 0 unspecified atom stereocenters. The average Bonchev–Trinajstić information content (AvgIpc) is 3.47. The van der Waals surface area contributed by atoms with Crippen LogP contribution in [0.4, 0.5) is 4.39 Å². The Labute approximate surface area is 200 Å². The number of aryl methyl sites for hydroxylation is 2. The summed E-state index contributed by atoms with van der Waals surface area (Å²) in [6, 6.07) is 2.19. The molecule has 0 bridgehead atoms. The van der Waals surface area contributed by atoms with E-state index in [1.807, 2.05) is 30.9 Å². The Hall–Kier alpha value is -2.96. The number of halogens is 1. The highest BCUT2D eigenvalue weighted by atomic mass is 19.1. The van der Waals surface area contributed by atoms with E-state index in [0.717, 1.165) is 70.7 Å². The summed E-state index contributed by atoms with van der Waals surface area (Å²) in [6.07, 6.45) is 11.2. The van der Waals surface area contributed by atoms with Crippen LogP contribution in [0.3, 0.4) is 0 Å². The maximum atomic E-state index is 14.4. The van der Waals surface area contributed by atoms with Gasteiger partial charge < -0.3 is 9.09 Å². The molecule has 0 aliphatic heterocycles. The Bertz CT molecular complexity index is 1280. The summed E-state index contributed by atoms with van der Waals surface area (Å²) >= 11 is 0. The lowest BCUT2D eigenvalue weighted by Gasteiger charge is -2.31. The molecule has 0 aromatic carbocycles. The van der Waals surface area contributed by atoms with Crippen LogP contribution in [0.15, 0.2) is 35.4 Å². The molecule has 1 aliphatic rings. The number of hydrogen-bond donors (Lipinski definition) is 0. The Kier molecular flexibility index (Phi) is 5.82. The molecule has 7 heteroatoms. The summed E-state index contributed by atoms with van der Waals surface area (Å²) in [4.78, 5) is 4.92. The zero-order valence-electron chi connectivity index (χ0n) is 20.8. The molecule has 4 aromatic heterocycles. The molecule has 34 heavy (non-hydrogen) atoms. The minimum Gasteiger partial charge on any atom is -0.361 e. The van der Waals surface area contributed by atoms with E-state index in [9.17, 15) is 4.39 Å². The van der Waals surface area contributed by atoms with Crippen LogP contribution in [0.2, 0.25) is 0 Å². The van der Waals surface area contributed by atoms with E-state index in [2.05, 4.69) is 47.1 Å². The number of alkyl halides is 1. The summed E-state index contributed by atoms with van der Waals surface area (Å²) < 4.78 is 24.1. The summed E-state index contributed by atoms with van der Waals surface area (Å²) in [6.45, 7) is 11.8. The first-order valence-electron chi connectivity index (χ1n) is 12.3. The fourth-order valence-corrected chi connectivity index (χ4v) is 5.28. The number of aromatic nitrogens is 5. The Morgan fingerprint density at radius 2 is 1.91 bits per heavy atom. The van der Waals surface area contributed by atoms with Crippen LogP contribution in [-0.4, -0.2) is 30.2 Å². The molecule has 4 heterocycles. The van der Waals surface area contributed by atoms with Crippen LogP contribution in [0.1, 0.15) is 57.9 Å². The summed E-state index contributed by atoms with van der Waals surface area (Å²) in [5.41, 5.74) is 6.04. The molecule has 1 fully saturated rings. The van der Waals surface area contributed by atoms with Crippen molar-refractivity contribution in [1.82, 2.24) is 24.5 Å². The van der Waals surface area contributed by atoms with Crippen LogP contribution in [0.5, 0.6) is 0 Å². The van der Waals surface area contributed by atoms with Gasteiger partial charge in [-0.1, -0.05) is 19.0 Å². The molecular weight excluding hydrogens is 429 g/mol. The van der Waals surface area contributed by atoms with Gasteiger partial charge in [0.25, 0.3) is 0 Å². The van der Waals surface area contributed by atoms with Crippen LogP contribution in [0, 0.1) is 25.7 Å². The molecule has 1 aliphatic carbocycles. The maximum absolute atomic E-state index is 14.4. The molecule has 180 valence electrons. The third-order valence-electron chi connectivity index (χ3n) is 7.14. The molecule has 0 radical (unpaired) electrons. The fourth-order valence-electron chi connectivity index (χ4n) is 5.28. The lowest BCUT2D eigenvalue weighted by molar-refractivity contribution is 0.0985. The first-order valence-corrected chi connectivity index (χ1v) is 12.3. The second kappa shape index (κ2) is 8.67. The van der Waals surface area contributed by atoms with E-state index in [1.165, 1.54) is 0 Å². The third-order valence-corrected chi connectivity index (χ3v) is 7.14. The molecule has 4 aromatic rings. The van der Waals surface area contributed by atoms with Crippen molar-refractivity contribution in [2.45, 2.75) is 79.1 Å². The highest BCUT2D eigenvalue weighted by Gasteiger charge is 2.31. The van der Waals surface area contributed by atoms with Gasteiger partial charge in [-0.3, -0.25) is 9.67 Å². The van der Waals surface area contributed by atoms with E-state index in [0.29, 0.717) is 24.7 Å².